The number of carbonyl (C=O) groups is 2. The first-order valence-electron chi connectivity index (χ1n) is 8.41. The number of amides is 2. The first kappa shape index (κ1) is 20.3. The van der Waals surface area contributed by atoms with Gasteiger partial charge in [0.25, 0.3) is 0 Å². The molecule has 2 rings (SSSR count). The molecular weight excluding hydrogens is 371 g/mol. The molecule has 6 heteroatoms. The Morgan fingerprint density at radius 3 is 2.42 bits per heavy atom. The van der Waals surface area contributed by atoms with Crippen molar-refractivity contribution in [1.82, 2.24) is 10.2 Å². The molecule has 138 valence electrons. The van der Waals surface area contributed by atoms with Crippen LogP contribution in [0, 0.1) is 0 Å². The van der Waals surface area contributed by atoms with Crippen molar-refractivity contribution in [3.05, 3.63) is 69.7 Å². The molecule has 0 radical (unpaired) electrons. The van der Waals surface area contributed by atoms with Crippen LogP contribution in [-0.2, 0) is 22.4 Å². The largest absolute Gasteiger partial charge is 0.357 e. The highest BCUT2D eigenvalue weighted by atomic mass is 35.5. The summed E-state index contributed by atoms with van der Waals surface area (Å²) in [5, 5.41) is 3.57. The summed E-state index contributed by atoms with van der Waals surface area (Å²) in [5.41, 5.74) is 1.80. The van der Waals surface area contributed by atoms with Crippen molar-refractivity contribution >= 4 is 35.0 Å². The van der Waals surface area contributed by atoms with Gasteiger partial charge in [-0.2, -0.15) is 0 Å². The second-order valence-electron chi connectivity index (χ2n) is 6.03. The van der Waals surface area contributed by atoms with Crippen molar-refractivity contribution in [3.8, 4) is 0 Å². The Kier molecular flexibility index (Phi) is 7.49. The van der Waals surface area contributed by atoms with E-state index in [9.17, 15) is 9.59 Å². The van der Waals surface area contributed by atoms with Gasteiger partial charge in [0.1, 0.15) is 6.04 Å². The third-order valence-electron chi connectivity index (χ3n) is 4.25. The van der Waals surface area contributed by atoms with Gasteiger partial charge in [-0.15, -0.1) is 0 Å². The van der Waals surface area contributed by atoms with Crippen LogP contribution in [0.3, 0.4) is 0 Å². The monoisotopic (exact) mass is 392 g/mol. The summed E-state index contributed by atoms with van der Waals surface area (Å²) in [4.78, 5) is 26.6. The lowest BCUT2D eigenvalue weighted by atomic mass is 10.1. The van der Waals surface area contributed by atoms with E-state index in [-0.39, 0.29) is 18.2 Å². The molecule has 2 aromatic carbocycles. The first-order valence-corrected chi connectivity index (χ1v) is 9.17. The van der Waals surface area contributed by atoms with E-state index in [1.54, 1.807) is 37.1 Å². The summed E-state index contributed by atoms with van der Waals surface area (Å²) in [5.74, 6) is -0.352. The second kappa shape index (κ2) is 9.60. The molecule has 0 aliphatic carbocycles. The molecule has 0 fully saturated rings. The molecule has 1 atom stereocenters. The fraction of sp³-hybridized carbons (Fsp3) is 0.300. The zero-order valence-electron chi connectivity index (χ0n) is 14.8. The molecule has 0 spiro atoms. The van der Waals surface area contributed by atoms with Gasteiger partial charge in [0.2, 0.25) is 11.8 Å². The van der Waals surface area contributed by atoms with Gasteiger partial charge in [-0.1, -0.05) is 59.6 Å². The topological polar surface area (TPSA) is 49.4 Å². The van der Waals surface area contributed by atoms with Crippen molar-refractivity contribution in [2.45, 2.75) is 25.8 Å². The third-order valence-corrected chi connectivity index (χ3v) is 4.84. The predicted octanol–water partition coefficient (Wildman–Crippen LogP) is 3.74. The minimum absolute atomic E-state index is 0.117. The maximum atomic E-state index is 12.9. The lowest BCUT2D eigenvalue weighted by Crippen LogP contribution is -2.48. The molecule has 26 heavy (non-hydrogen) atoms. The van der Waals surface area contributed by atoms with E-state index in [1.807, 2.05) is 30.3 Å². The van der Waals surface area contributed by atoms with Crippen molar-refractivity contribution < 1.29 is 9.59 Å². The molecule has 4 nitrogen and oxygen atoms in total. The molecule has 0 aliphatic heterocycles. The molecule has 1 unspecified atom stereocenters. The minimum Gasteiger partial charge on any atom is -0.357 e. The molecule has 0 aliphatic rings. The highest BCUT2D eigenvalue weighted by molar-refractivity contribution is 6.35. The van der Waals surface area contributed by atoms with Crippen LogP contribution in [0.2, 0.25) is 10.0 Å². The van der Waals surface area contributed by atoms with E-state index in [1.165, 1.54) is 0 Å². The Morgan fingerprint density at radius 2 is 1.81 bits per heavy atom. The van der Waals surface area contributed by atoms with E-state index in [0.717, 1.165) is 5.56 Å². The van der Waals surface area contributed by atoms with Crippen molar-refractivity contribution in [2.24, 2.45) is 0 Å². The quantitative estimate of drug-likeness (QED) is 0.779. The highest BCUT2D eigenvalue weighted by Crippen LogP contribution is 2.22. The maximum absolute atomic E-state index is 12.9. The van der Waals surface area contributed by atoms with E-state index < -0.39 is 6.04 Å². The van der Waals surface area contributed by atoms with Gasteiger partial charge in [0, 0.05) is 23.6 Å². The molecule has 0 bridgehead atoms. The van der Waals surface area contributed by atoms with Gasteiger partial charge in [-0.05, 0) is 36.6 Å². The Labute approximate surface area is 164 Å². The molecular formula is C20H22Cl2N2O2. The molecule has 0 saturated carbocycles. The van der Waals surface area contributed by atoms with Crippen LogP contribution in [0.25, 0.3) is 0 Å². The summed E-state index contributed by atoms with van der Waals surface area (Å²) in [6.45, 7) is 2.17. The average molecular weight is 393 g/mol. The highest BCUT2D eigenvalue weighted by Gasteiger charge is 2.25. The summed E-state index contributed by atoms with van der Waals surface area (Å²) >= 11 is 12.1. The number of nitrogens with one attached hydrogen (secondary N) is 1. The Bertz CT molecular complexity index is 766. The van der Waals surface area contributed by atoms with Gasteiger partial charge in [-0.25, -0.2) is 0 Å². The average Bonchev–Trinajstić information content (AvgIpc) is 2.64. The summed E-state index contributed by atoms with van der Waals surface area (Å²) in [6.07, 6.45) is 0.786. The van der Waals surface area contributed by atoms with Crippen molar-refractivity contribution in [1.29, 1.82) is 0 Å². The van der Waals surface area contributed by atoms with E-state index in [0.29, 0.717) is 28.6 Å². The molecule has 0 aromatic heterocycles. The molecule has 0 saturated heterocycles. The Hall–Kier alpha value is -2.04. The lowest BCUT2D eigenvalue weighted by molar-refractivity contribution is -0.139. The minimum atomic E-state index is -0.567. The van der Waals surface area contributed by atoms with Crippen LogP contribution < -0.4 is 5.32 Å². The number of rotatable bonds is 7. The van der Waals surface area contributed by atoms with Crippen LogP contribution in [0.4, 0.5) is 0 Å². The molecule has 0 heterocycles. The number of hydrogen-bond donors (Lipinski definition) is 1. The summed E-state index contributed by atoms with van der Waals surface area (Å²) in [6, 6.07) is 14.3. The number of carbonyl (C=O) groups excluding carboxylic acids is 2. The lowest BCUT2D eigenvalue weighted by Gasteiger charge is -2.28. The van der Waals surface area contributed by atoms with Crippen molar-refractivity contribution in [2.75, 3.05) is 13.6 Å². The van der Waals surface area contributed by atoms with Crippen LogP contribution in [-0.4, -0.2) is 36.3 Å². The number of benzene rings is 2. The standard InChI is InChI=1S/C20H22Cl2N2O2/c1-14(20(26)23-2)24(11-10-15-6-4-3-5-7-15)19(25)12-16-8-9-17(21)13-18(16)22/h3-9,13-14H,10-12H2,1-2H3,(H,23,26). The smallest absolute Gasteiger partial charge is 0.242 e. The van der Waals surface area contributed by atoms with Crippen LogP contribution >= 0.6 is 23.2 Å². The number of halogens is 2. The van der Waals surface area contributed by atoms with Crippen molar-refractivity contribution in [3.63, 3.8) is 0 Å². The fourth-order valence-electron chi connectivity index (χ4n) is 2.71. The second-order valence-corrected chi connectivity index (χ2v) is 6.87. The van der Waals surface area contributed by atoms with E-state index >= 15 is 0 Å². The maximum Gasteiger partial charge on any atom is 0.242 e. The van der Waals surface area contributed by atoms with Gasteiger partial charge in [0.15, 0.2) is 0 Å². The van der Waals surface area contributed by atoms with E-state index in [4.69, 9.17) is 23.2 Å². The summed E-state index contributed by atoms with van der Waals surface area (Å²) < 4.78 is 0. The SMILES string of the molecule is CNC(=O)C(C)N(CCc1ccccc1)C(=O)Cc1ccc(Cl)cc1Cl. The van der Waals surface area contributed by atoms with Crippen LogP contribution in [0.15, 0.2) is 48.5 Å². The predicted molar refractivity (Wildman–Crippen MR) is 106 cm³/mol. The van der Waals surface area contributed by atoms with Gasteiger partial charge >= 0.3 is 0 Å². The number of likely N-dealkylation sites (N-methyl/N-ethyl adjacent to an activating group) is 1. The normalized spacial score (nSPS) is 11.7. The summed E-state index contributed by atoms with van der Waals surface area (Å²) in [7, 11) is 1.56. The molecule has 1 N–H and O–H groups in total. The third kappa shape index (κ3) is 5.48. The first-order chi connectivity index (χ1) is 12.4. The zero-order chi connectivity index (χ0) is 19.1. The molecule has 2 amide bonds. The number of nitrogens with zero attached hydrogens (tertiary/aromatic N) is 1. The number of hydrogen-bond acceptors (Lipinski definition) is 2. The fourth-order valence-corrected chi connectivity index (χ4v) is 3.18. The van der Waals surface area contributed by atoms with E-state index in [2.05, 4.69) is 5.32 Å². The van der Waals surface area contributed by atoms with Gasteiger partial charge in [-0.3, -0.25) is 9.59 Å². The van der Waals surface area contributed by atoms with Crippen LogP contribution in [0.1, 0.15) is 18.1 Å². The zero-order valence-corrected chi connectivity index (χ0v) is 16.3. The Balaban J connectivity index is 2.15. The molecule has 2 aromatic rings. The van der Waals surface area contributed by atoms with Gasteiger partial charge in [0.05, 0.1) is 6.42 Å². The van der Waals surface area contributed by atoms with Gasteiger partial charge < -0.3 is 10.2 Å². The Morgan fingerprint density at radius 1 is 1.12 bits per heavy atom. The van der Waals surface area contributed by atoms with Crippen LogP contribution in [0.5, 0.6) is 0 Å².